The number of halogens is 1. The first-order valence-electron chi connectivity index (χ1n) is 6.01. The van der Waals surface area contributed by atoms with Gasteiger partial charge >= 0.3 is 0 Å². The monoisotopic (exact) mass is 297 g/mol. The van der Waals surface area contributed by atoms with Gasteiger partial charge in [-0.1, -0.05) is 34.1 Å². The van der Waals surface area contributed by atoms with E-state index in [0.29, 0.717) is 12.2 Å². The van der Waals surface area contributed by atoms with Gasteiger partial charge in [-0.2, -0.15) is 0 Å². The SMILES string of the molecule is CC(=O)CCCCN(C)Cc1ccccc1Br. The summed E-state index contributed by atoms with van der Waals surface area (Å²) in [5.74, 6) is 0.290. The van der Waals surface area contributed by atoms with Crippen molar-refractivity contribution in [3.63, 3.8) is 0 Å². The van der Waals surface area contributed by atoms with Gasteiger partial charge in [0, 0.05) is 17.4 Å². The number of carbonyl (C=O) groups excluding carboxylic acids is 1. The van der Waals surface area contributed by atoms with Crippen molar-refractivity contribution in [3.8, 4) is 0 Å². The van der Waals surface area contributed by atoms with Crippen LogP contribution in [0.2, 0.25) is 0 Å². The van der Waals surface area contributed by atoms with Gasteiger partial charge in [-0.3, -0.25) is 0 Å². The molecule has 0 saturated heterocycles. The maximum Gasteiger partial charge on any atom is 0.129 e. The Balaban J connectivity index is 2.27. The van der Waals surface area contributed by atoms with Gasteiger partial charge < -0.3 is 9.69 Å². The Morgan fingerprint density at radius 1 is 1.29 bits per heavy atom. The molecule has 0 amide bonds. The molecule has 0 aromatic heterocycles. The quantitative estimate of drug-likeness (QED) is 0.716. The van der Waals surface area contributed by atoms with Crippen LogP contribution in [-0.4, -0.2) is 24.3 Å². The highest BCUT2D eigenvalue weighted by Gasteiger charge is 2.03. The lowest BCUT2D eigenvalue weighted by atomic mass is 10.1. The molecule has 17 heavy (non-hydrogen) atoms. The van der Waals surface area contributed by atoms with Crippen LogP contribution in [0.4, 0.5) is 0 Å². The first kappa shape index (κ1) is 14.4. The van der Waals surface area contributed by atoms with Crippen molar-refractivity contribution >= 4 is 21.7 Å². The van der Waals surface area contributed by atoms with Crippen molar-refractivity contribution in [2.45, 2.75) is 32.7 Å². The molecule has 0 radical (unpaired) electrons. The number of nitrogens with zero attached hydrogens (tertiary/aromatic N) is 1. The van der Waals surface area contributed by atoms with Crippen LogP contribution in [0.1, 0.15) is 31.7 Å². The first-order chi connectivity index (χ1) is 8.09. The number of Topliss-reactive ketones (excluding diaryl/α,β-unsaturated/α-hetero) is 1. The molecule has 94 valence electrons. The molecule has 0 aliphatic heterocycles. The van der Waals surface area contributed by atoms with E-state index in [2.05, 4.69) is 46.1 Å². The Labute approximate surface area is 112 Å². The molecule has 1 aromatic rings. The van der Waals surface area contributed by atoms with Crippen LogP contribution in [0, 0.1) is 0 Å². The van der Waals surface area contributed by atoms with Gasteiger partial charge in [-0.05, 0) is 45.0 Å². The second-order valence-electron chi connectivity index (χ2n) is 4.49. The van der Waals surface area contributed by atoms with E-state index in [0.717, 1.165) is 30.4 Å². The predicted molar refractivity (Wildman–Crippen MR) is 75.0 cm³/mol. The minimum absolute atomic E-state index is 0.290. The van der Waals surface area contributed by atoms with Gasteiger partial charge in [-0.25, -0.2) is 0 Å². The molecule has 0 aliphatic rings. The zero-order chi connectivity index (χ0) is 12.7. The Bertz CT molecular complexity index is 365. The van der Waals surface area contributed by atoms with Crippen molar-refractivity contribution in [1.29, 1.82) is 0 Å². The van der Waals surface area contributed by atoms with Crippen LogP contribution in [0.25, 0.3) is 0 Å². The van der Waals surface area contributed by atoms with E-state index in [-0.39, 0.29) is 0 Å². The van der Waals surface area contributed by atoms with Crippen LogP contribution in [0.5, 0.6) is 0 Å². The maximum atomic E-state index is 10.8. The predicted octanol–water partition coefficient (Wildman–Crippen LogP) is 3.64. The number of benzene rings is 1. The molecule has 0 heterocycles. The summed E-state index contributed by atoms with van der Waals surface area (Å²) in [7, 11) is 2.12. The topological polar surface area (TPSA) is 20.3 Å². The van der Waals surface area contributed by atoms with Gasteiger partial charge in [0.15, 0.2) is 0 Å². The van der Waals surface area contributed by atoms with E-state index in [1.807, 2.05) is 6.07 Å². The second-order valence-corrected chi connectivity index (χ2v) is 5.34. The third-order valence-electron chi connectivity index (χ3n) is 2.72. The van der Waals surface area contributed by atoms with Crippen molar-refractivity contribution in [1.82, 2.24) is 4.90 Å². The van der Waals surface area contributed by atoms with E-state index in [9.17, 15) is 4.79 Å². The molecule has 1 rings (SSSR count). The summed E-state index contributed by atoms with van der Waals surface area (Å²) < 4.78 is 1.16. The summed E-state index contributed by atoms with van der Waals surface area (Å²) in [6.45, 7) is 3.64. The van der Waals surface area contributed by atoms with Crippen molar-refractivity contribution < 1.29 is 4.79 Å². The van der Waals surface area contributed by atoms with Gasteiger partial charge in [0.25, 0.3) is 0 Å². The Kier molecular flexibility index (Phi) is 6.45. The fraction of sp³-hybridized carbons (Fsp3) is 0.500. The summed E-state index contributed by atoms with van der Waals surface area (Å²) in [6.07, 6.45) is 2.79. The molecule has 0 unspecified atom stereocenters. The Hall–Kier alpha value is -0.670. The van der Waals surface area contributed by atoms with Gasteiger partial charge in [-0.15, -0.1) is 0 Å². The standard InChI is InChI=1S/C14H20BrNO/c1-12(17)7-5-6-10-16(2)11-13-8-3-4-9-14(13)15/h3-4,8-9H,5-7,10-11H2,1-2H3. The largest absolute Gasteiger partial charge is 0.302 e. The van der Waals surface area contributed by atoms with E-state index in [1.165, 1.54) is 5.56 Å². The van der Waals surface area contributed by atoms with E-state index in [1.54, 1.807) is 6.92 Å². The molecule has 0 bridgehead atoms. The fourth-order valence-electron chi connectivity index (χ4n) is 1.75. The smallest absolute Gasteiger partial charge is 0.129 e. The molecule has 0 aliphatic carbocycles. The minimum Gasteiger partial charge on any atom is -0.302 e. The zero-order valence-corrected chi connectivity index (χ0v) is 12.2. The second kappa shape index (κ2) is 7.62. The molecular formula is C14H20BrNO. The summed E-state index contributed by atoms with van der Waals surface area (Å²) >= 11 is 3.55. The number of ketones is 1. The number of unbranched alkanes of at least 4 members (excludes halogenated alkanes) is 1. The Morgan fingerprint density at radius 2 is 2.00 bits per heavy atom. The summed E-state index contributed by atoms with van der Waals surface area (Å²) in [6, 6.07) is 8.29. The van der Waals surface area contributed by atoms with E-state index >= 15 is 0 Å². The molecular weight excluding hydrogens is 278 g/mol. The average Bonchev–Trinajstić information content (AvgIpc) is 2.27. The third kappa shape index (κ3) is 5.99. The first-order valence-corrected chi connectivity index (χ1v) is 6.80. The molecule has 2 nitrogen and oxygen atoms in total. The maximum absolute atomic E-state index is 10.8. The molecule has 0 N–H and O–H groups in total. The summed E-state index contributed by atoms with van der Waals surface area (Å²) in [5, 5.41) is 0. The normalized spacial score (nSPS) is 10.8. The highest BCUT2D eigenvalue weighted by atomic mass is 79.9. The molecule has 0 saturated carbocycles. The molecule has 1 aromatic carbocycles. The van der Waals surface area contributed by atoms with Crippen molar-refractivity contribution in [2.75, 3.05) is 13.6 Å². The molecule has 0 fully saturated rings. The van der Waals surface area contributed by atoms with Crippen molar-refractivity contribution in [3.05, 3.63) is 34.3 Å². The lowest BCUT2D eigenvalue weighted by molar-refractivity contribution is -0.117. The highest BCUT2D eigenvalue weighted by Crippen LogP contribution is 2.17. The van der Waals surface area contributed by atoms with Crippen LogP contribution in [0.3, 0.4) is 0 Å². The number of hydrogen-bond acceptors (Lipinski definition) is 2. The van der Waals surface area contributed by atoms with E-state index < -0.39 is 0 Å². The highest BCUT2D eigenvalue weighted by molar-refractivity contribution is 9.10. The summed E-state index contributed by atoms with van der Waals surface area (Å²) in [4.78, 5) is 13.1. The van der Waals surface area contributed by atoms with E-state index in [4.69, 9.17) is 0 Å². The third-order valence-corrected chi connectivity index (χ3v) is 3.49. The summed E-state index contributed by atoms with van der Waals surface area (Å²) in [5.41, 5.74) is 1.31. The Morgan fingerprint density at radius 3 is 2.65 bits per heavy atom. The van der Waals surface area contributed by atoms with Crippen LogP contribution in [-0.2, 0) is 11.3 Å². The fourth-order valence-corrected chi connectivity index (χ4v) is 2.16. The van der Waals surface area contributed by atoms with Crippen molar-refractivity contribution in [2.24, 2.45) is 0 Å². The molecule has 0 spiro atoms. The number of hydrogen-bond donors (Lipinski definition) is 0. The van der Waals surface area contributed by atoms with Gasteiger partial charge in [0.05, 0.1) is 0 Å². The lowest BCUT2D eigenvalue weighted by Gasteiger charge is -2.17. The number of rotatable bonds is 7. The van der Waals surface area contributed by atoms with Gasteiger partial charge in [0.2, 0.25) is 0 Å². The van der Waals surface area contributed by atoms with Crippen LogP contribution < -0.4 is 0 Å². The molecule has 0 atom stereocenters. The lowest BCUT2D eigenvalue weighted by Crippen LogP contribution is -2.19. The molecule has 3 heteroatoms. The number of carbonyl (C=O) groups is 1. The average molecular weight is 298 g/mol. The minimum atomic E-state index is 0.290. The van der Waals surface area contributed by atoms with Crippen LogP contribution >= 0.6 is 15.9 Å². The van der Waals surface area contributed by atoms with Crippen LogP contribution in [0.15, 0.2) is 28.7 Å². The van der Waals surface area contributed by atoms with Gasteiger partial charge in [0.1, 0.15) is 5.78 Å². The zero-order valence-electron chi connectivity index (χ0n) is 10.6.